The van der Waals surface area contributed by atoms with Crippen LogP contribution in [0.15, 0.2) is 42.5 Å². The molecule has 2 aromatic rings. The van der Waals surface area contributed by atoms with Crippen LogP contribution in [-0.4, -0.2) is 18.4 Å². The number of halogens is 1. The minimum atomic E-state index is -0.531. The molecule has 0 aliphatic rings. The first kappa shape index (κ1) is 17.5. The van der Waals surface area contributed by atoms with E-state index in [2.05, 4.69) is 16.0 Å². The average Bonchev–Trinajstić information content (AvgIpc) is 2.55. The Bertz CT molecular complexity index is 747. The largest absolute Gasteiger partial charge is 0.376 e. The predicted octanol–water partition coefficient (Wildman–Crippen LogP) is 3.40. The molecule has 6 heteroatoms. The molecule has 0 fully saturated rings. The molecular weight excluding hydrogens is 309 g/mol. The van der Waals surface area contributed by atoms with E-state index in [1.54, 1.807) is 0 Å². The van der Waals surface area contributed by atoms with E-state index in [0.717, 1.165) is 17.7 Å². The molecule has 126 valence electrons. The molecule has 0 radical (unpaired) electrons. The van der Waals surface area contributed by atoms with Gasteiger partial charge < -0.3 is 16.0 Å². The van der Waals surface area contributed by atoms with Gasteiger partial charge in [0.2, 0.25) is 11.8 Å². The van der Waals surface area contributed by atoms with Crippen LogP contribution in [0.2, 0.25) is 0 Å². The van der Waals surface area contributed by atoms with Crippen molar-refractivity contribution in [2.45, 2.75) is 20.3 Å². The molecule has 3 N–H and O–H groups in total. The van der Waals surface area contributed by atoms with Crippen molar-refractivity contribution in [1.82, 2.24) is 0 Å². The molecule has 0 bridgehead atoms. The normalized spacial score (nSPS) is 10.1. The highest BCUT2D eigenvalue weighted by Crippen LogP contribution is 2.19. The second kappa shape index (κ2) is 8.10. The Labute approximate surface area is 140 Å². The highest BCUT2D eigenvalue weighted by molar-refractivity contribution is 5.94. The third kappa shape index (κ3) is 5.08. The fourth-order valence-corrected chi connectivity index (χ4v) is 2.18. The lowest BCUT2D eigenvalue weighted by molar-refractivity contribution is -0.115. The lowest BCUT2D eigenvalue weighted by atomic mass is 10.1. The third-order valence-electron chi connectivity index (χ3n) is 3.35. The zero-order chi connectivity index (χ0) is 17.5. The summed E-state index contributed by atoms with van der Waals surface area (Å²) in [6, 6.07) is 11.8. The van der Waals surface area contributed by atoms with Gasteiger partial charge in [-0.15, -0.1) is 0 Å². The van der Waals surface area contributed by atoms with Crippen molar-refractivity contribution in [3.63, 3.8) is 0 Å². The number of nitrogens with one attached hydrogen (secondary N) is 3. The topological polar surface area (TPSA) is 70.2 Å². The van der Waals surface area contributed by atoms with E-state index in [1.807, 2.05) is 31.2 Å². The van der Waals surface area contributed by atoms with Gasteiger partial charge in [0.05, 0.1) is 12.2 Å². The van der Waals surface area contributed by atoms with Gasteiger partial charge in [-0.25, -0.2) is 4.39 Å². The van der Waals surface area contributed by atoms with Crippen molar-refractivity contribution in [2.24, 2.45) is 0 Å². The molecule has 2 aromatic carbocycles. The third-order valence-corrected chi connectivity index (χ3v) is 3.35. The maximum Gasteiger partial charge on any atom is 0.243 e. The van der Waals surface area contributed by atoms with Crippen LogP contribution in [0.25, 0.3) is 0 Å². The Hall–Kier alpha value is -2.89. The number of benzene rings is 2. The standard InChI is InChI=1S/C18H20FN3O2/c1-3-13-5-4-6-15(9-13)22-18(24)11-20-14-7-8-16(19)17(10-14)21-12(2)23/h4-10,20H,3,11H2,1-2H3,(H,21,23)(H,22,24). The van der Waals surface area contributed by atoms with Gasteiger partial charge in [-0.05, 0) is 42.3 Å². The van der Waals surface area contributed by atoms with Crippen LogP contribution in [0, 0.1) is 5.82 Å². The van der Waals surface area contributed by atoms with Crippen LogP contribution in [0.5, 0.6) is 0 Å². The summed E-state index contributed by atoms with van der Waals surface area (Å²) in [7, 11) is 0. The monoisotopic (exact) mass is 329 g/mol. The van der Waals surface area contributed by atoms with Crippen LogP contribution >= 0.6 is 0 Å². The SMILES string of the molecule is CCc1cccc(NC(=O)CNc2ccc(F)c(NC(C)=O)c2)c1. The summed E-state index contributed by atoms with van der Waals surface area (Å²) in [4.78, 5) is 23.0. The Morgan fingerprint density at radius 2 is 1.83 bits per heavy atom. The summed E-state index contributed by atoms with van der Waals surface area (Å²) in [6.45, 7) is 3.38. The zero-order valence-electron chi connectivity index (χ0n) is 13.7. The van der Waals surface area contributed by atoms with E-state index >= 15 is 0 Å². The molecule has 0 saturated carbocycles. The van der Waals surface area contributed by atoms with Crippen molar-refractivity contribution in [1.29, 1.82) is 0 Å². The number of hydrogen-bond acceptors (Lipinski definition) is 3. The second-order valence-electron chi connectivity index (χ2n) is 5.33. The van der Waals surface area contributed by atoms with Crippen LogP contribution in [-0.2, 0) is 16.0 Å². The summed E-state index contributed by atoms with van der Waals surface area (Å²) in [5, 5.41) is 8.10. The summed E-state index contributed by atoms with van der Waals surface area (Å²) in [5.41, 5.74) is 2.49. The lowest BCUT2D eigenvalue weighted by Gasteiger charge is -2.10. The van der Waals surface area contributed by atoms with Gasteiger partial charge in [0, 0.05) is 18.3 Å². The Balaban J connectivity index is 1.95. The van der Waals surface area contributed by atoms with Crippen molar-refractivity contribution < 1.29 is 14.0 Å². The van der Waals surface area contributed by atoms with Crippen molar-refractivity contribution >= 4 is 28.9 Å². The molecule has 0 aliphatic carbocycles. The molecule has 0 atom stereocenters. The summed E-state index contributed by atoms with van der Waals surface area (Å²) in [5.74, 6) is -1.11. The molecule has 2 amide bonds. The molecule has 0 aromatic heterocycles. The quantitative estimate of drug-likeness (QED) is 0.761. The minimum Gasteiger partial charge on any atom is -0.376 e. The van der Waals surface area contributed by atoms with E-state index in [1.165, 1.54) is 25.1 Å². The number of hydrogen-bond donors (Lipinski definition) is 3. The molecule has 0 unspecified atom stereocenters. The lowest BCUT2D eigenvalue weighted by Crippen LogP contribution is -2.22. The van der Waals surface area contributed by atoms with Crippen LogP contribution in [0.4, 0.5) is 21.5 Å². The van der Waals surface area contributed by atoms with Gasteiger partial charge in [-0.3, -0.25) is 9.59 Å². The number of rotatable bonds is 6. The van der Waals surface area contributed by atoms with E-state index in [9.17, 15) is 14.0 Å². The zero-order valence-corrected chi connectivity index (χ0v) is 13.7. The summed E-state index contributed by atoms with van der Waals surface area (Å²) >= 11 is 0. The molecule has 0 saturated heterocycles. The van der Waals surface area contributed by atoms with E-state index < -0.39 is 5.82 Å². The van der Waals surface area contributed by atoms with Crippen LogP contribution < -0.4 is 16.0 Å². The van der Waals surface area contributed by atoms with E-state index in [4.69, 9.17) is 0 Å². The van der Waals surface area contributed by atoms with Gasteiger partial charge in [0.15, 0.2) is 0 Å². The van der Waals surface area contributed by atoms with Crippen molar-refractivity contribution in [3.8, 4) is 0 Å². The van der Waals surface area contributed by atoms with Crippen molar-refractivity contribution in [3.05, 3.63) is 53.8 Å². The molecule has 5 nitrogen and oxygen atoms in total. The van der Waals surface area contributed by atoms with E-state index in [0.29, 0.717) is 5.69 Å². The molecule has 0 aliphatic heterocycles. The average molecular weight is 329 g/mol. The van der Waals surface area contributed by atoms with Gasteiger partial charge >= 0.3 is 0 Å². The van der Waals surface area contributed by atoms with Crippen LogP contribution in [0.3, 0.4) is 0 Å². The summed E-state index contributed by atoms with van der Waals surface area (Å²) < 4.78 is 13.6. The Kier molecular flexibility index (Phi) is 5.89. The molecule has 2 rings (SSSR count). The van der Waals surface area contributed by atoms with Crippen molar-refractivity contribution in [2.75, 3.05) is 22.5 Å². The minimum absolute atomic E-state index is 0.0293. The van der Waals surface area contributed by atoms with Gasteiger partial charge in [-0.2, -0.15) is 0 Å². The van der Waals surface area contributed by atoms with E-state index in [-0.39, 0.29) is 24.0 Å². The first-order valence-electron chi connectivity index (χ1n) is 7.67. The van der Waals surface area contributed by atoms with Gasteiger partial charge in [0.25, 0.3) is 0 Å². The summed E-state index contributed by atoms with van der Waals surface area (Å²) in [6.07, 6.45) is 0.892. The second-order valence-corrected chi connectivity index (χ2v) is 5.33. The molecule has 24 heavy (non-hydrogen) atoms. The Morgan fingerprint density at radius 3 is 2.54 bits per heavy atom. The first-order valence-corrected chi connectivity index (χ1v) is 7.67. The molecule has 0 spiro atoms. The highest BCUT2D eigenvalue weighted by Gasteiger charge is 2.07. The first-order chi connectivity index (χ1) is 11.5. The van der Waals surface area contributed by atoms with Gasteiger partial charge in [-0.1, -0.05) is 19.1 Å². The fraction of sp³-hybridized carbons (Fsp3) is 0.222. The molecule has 0 heterocycles. The van der Waals surface area contributed by atoms with Gasteiger partial charge in [0.1, 0.15) is 5.82 Å². The number of carbonyl (C=O) groups is 2. The number of amides is 2. The maximum absolute atomic E-state index is 13.6. The number of aryl methyl sites for hydroxylation is 1. The maximum atomic E-state index is 13.6. The fourth-order valence-electron chi connectivity index (χ4n) is 2.18. The Morgan fingerprint density at radius 1 is 1.04 bits per heavy atom. The number of carbonyl (C=O) groups excluding carboxylic acids is 2. The van der Waals surface area contributed by atoms with Crippen LogP contribution in [0.1, 0.15) is 19.4 Å². The predicted molar refractivity (Wildman–Crippen MR) is 93.6 cm³/mol. The highest BCUT2D eigenvalue weighted by atomic mass is 19.1. The smallest absolute Gasteiger partial charge is 0.243 e. The number of anilines is 3. The molecular formula is C18H20FN3O2.